The van der Waals surface area contributed by atoms with E-state index in [0.29, 0.717) is 39.0 Å². The van der Waals surface area contributed by atoms with Gasteiger partial charge in [0, 0.05) is 31.9 Å². The predicted octanol–water partition coefficient (Wildman–Crippen LogP) is 1.57. The third-order valence-electron chi connectivity index (χ3n) is 4.46. The van der Waals surface area contributed by atoms with E-state index >= 15 is 0 Å². The summed E-state index contributed by atoms with van der Waals surface area (Å²) >= 11 is 0. The fraction of sp³-hybridized carbons (Fsp3) is 0.556. The number of nitrogens with one attached hydrogen (secondary N) is 1. The number of nitrogens with zero attached hydrogens (tertiary/aromatic N) is 2. The van der Waals surface area contributed by atoms with E-state index in [0.717, 1.165) is 5.69 Å². The lowest BCUT2D eigenvalue weighted by molar-refractivity contribution is -0.130. The molecule has 1 aliphatic heterocycles. The SMILES string of the molecule is CCCCS(=O)(=O)C(=O)NCC(=O)N1CCN(c2ccc(C)cc2)CC1. The number of carbonyl (C=O) groups is 2. The van der Waals surface area contributed by atoms with Gasteiger partial charge in [0.2, 0.25) is 15.7 Å². The molecule has 1 heterocycles. The Balaban J connectivity index is 1.79. The summed E-state index contributed by atoms with van der Waals surface area (Å²) in [5.74, 6) is -0.439. The number of hydrogen-bond donors (Lipinski definition) is 1. The monoisotopic (exact) mass is 381 g/mol. The Hall–Kier alpha value is -2.09. The zero-order valence-electron chi connectivity index (χ0n) is 15.4. The molecular weight excluding hydrogens is 354 g/mol. The van der Waals surface area contributed by atoms with Crippen LogP contribution in [-0.4, -0.2) is 62.9 Å². The van der Waals surface area contributed by atoms with E-state index in [1.165, 1.54) is 5.56 Å². The van der Waals surface area contributed by atoms with Crippen molar-refractivity contribution in [1.29, 1.82) is 0 Å². The van der Waals surface area contributed by atoms with Gasteiger partial charge in [-0.2, -0.15) is 0 Å². The molecule has 0 unspecified atom stereocenters. The first-order valence-corrected chi connectivity index (χ1v) is 10.6. The molecule has 0 aliphatic carbocycles. The van der Waals surface area contributed by atoms with E-state index in [1.807, 2.05) is 13.8 Å². The number of sulfone groups is 1. The standard InChI is InChI=1S/C18H27N3O4S/c1-3-4-13-26(24,25)18(23)19-14-17(22)21-11-9-20(10-12-21)16-7-5-15(2)6-8-16/h5-8H,3-4,9-14H2,1-2H3,(H,19,23). The summed E-state index contributed by atoms with van der Waals surface area (Å²) < 4.78 is 23.5. The lowest BCUT2D eigenvalue weighted by Gasteiger charge is -2.36. The van der Waals surface area contributed by atoms with Crippen molar-refractivity contribution in [1.82, 2.24) is 10.2 Å². The number of carbonyl (C=O) groups excluding carboxylic acids is 2. The number of amides is 2. The predicted molar refractivity (Wildman–Crippen MR) is 102 cm³/mol. The van der Waals surface area contributed by atoms with Crippen molar-refractivity contribution < 1.29 is 18.0 Å². The summed E-state index contributed by atoms with van der Waals surface area (Å²) in [7, 11) is -3.83. The molecule has 0 spiro atoms. The maximum Gasteiger partial charge on any atom is 0.336 e. The van der Waals surface area contributed by atoms with E-state index < -0.39 is 15.1 Å². The third kappa shape index (κ3) is 5.45. The molecule has 1 saturated heterocycles. The second-order valence-electron chi connectivity index (χ2n) is 6.52. The normalized spacial score (nSPS) is 15.0. The van der Waals surface area contributed by atoms with Crippen LogP contribution in [0.3, 0.4) is 0 Å². The highest BCUT2D eigenvalue weighted by atomic mass is 32.2. The number of unbranched alkanes of at least 4 members (excludes halogenated alkanes) is 1. The minimum absolute atomic E-state index is 0.182. The lowest BCUT2D eigenvalue weighted by Crippen LogP contribution is -2.51. The van der Waals surface area contributed by atoms with Gasteiger partial charge in [-0.1, -0.05) is 31.0 Å². The largest absolute Gasteiger partial charge is 0.368 e. The number of anilines is 1. The number of rotatable bonds is 6. The highest BCUT2D eigenvalue weighted by Crippen LogP contribution is 2.17. The molecule has 8 heteroatoms. The molecular formula is C18H27N3O4S. The molecule has 1 aromatic rings. The van der Waals surface area contributed by atoms with Gasteiger partial charge in [0.25, 0.3) is 0 Å². The number of piperazine rings is 1. The van der Waals surface area contributed by atoms with Gasteiger partial charge in [0.05, 0.1) is 12.3 Å². The van der Waals surface area contributed by atoms with E-state index in [-0.39, 0.29) is 18.2 Å². The van der Waals surface area contributed by atoms with Crippen molar-refractivity contribution in [2.45, 2.75) is 26.7 Å². The Morgan fingerprint density at radius 1 is 1.08 bits per heavy atom. The maximum absolute atomic E-state index is 12.2. The summed E-state index contributed by atoms with van der Waals surface area (Å²) in [6, 6.07) is 8.24. The molecule has 2 amide bonds. The third-order valence-corrected chi connectivity index (χ3v) is 6.00. The number of hydrogen-bond acceptors (Lipinski definition) is 5. The molecule has 26 heavy (non-hydrogen) atoms. The molecule has 2 rings (SSSR count). The number of aryl methyl sites for hydroxylation is 1. The van der Waals surface area contributed by atoms with Crippen LogP contribution < -0.4 is 10.2 Å². The average molecular weight is 381 g/mol. The fourth-order valence-corrected chi connectivity index (χ4v) is 3.91. The molecule has 0 bridgehead atoms. The average Bonchev–Trinajstić information content (AvgIpc) is 2.65. The fourth-order valence-electron chi connectivity index (χ4n) is 2.77. The molecule has 0 saturated carbocycles. The minimum atomic E-state index is -3.83. The highest BCUT2D eigenvalue weighted by molar-refractivity contribution is 8.06. The Labute approximate surface area is 155 Å². The van der Waals surface area contributed by atoms with Crippen molar-refractivity contribution in [3.8, 4) is 0 Å². The van der Waals surface area contributed by atoms with Crippen LogP contribution in [0.25, 0.3) is 0 Å². The summed E-state index contributed by atoms with van der Waals surface area (Å²) in [4.78, 5) is 27.8. The topological polar surface area (TPSA) is 86.8 Å². The second-order valence-corrected chi connectivity index (χ2v) is 8.53. The van der Waals surface area contributed by atoms with Gasteiger partial charge in [-0.05, 0) is 25.5 Å². The van der Waals surface area contributed by atoms with Gasteiger partial charge in [0.1, 0.15) is 0 Å². The van der Waals surface area contributed by atoms with E-state index in [2.05, 4.69) is 34.5 Å². The first kappa shape index (κ1) is 20.2. The van der Waals surface area contributed by atoms with E-state index in [4.69, 9.17) is 0 Å². The van der Waals surface area contributed by atoms with Crippen molar-refractivity contribution in [2.75, 3.05) is 43.4 Å². The Morgan fingerprint density at radius 2 is 1.69 bits per heavy atom. The molecule has 1 aromatic carbocycles. The van der Waals surface area contributed by atoms with E-state index in [1.54, 1.807) is 4.90 Å². The molecule has 0 aromatic heterocycles. The van der Waals surface area contributed by atoms with Gasteiger partial charge in [-0.3, -0.25) is 9.59 Å². The van der Waals surface area contributed by atoms with Gasteiger partial charge in [0.15, 0.2) is 0 Å². The van der Waals surface area contributed by atoms with Crippen LogP contribution >= 0.6 is 0 Å². The molecule has 1 N–H and O–H groups in total. The molecule has 0 radical (unpaired) electrons. The van der Waals surface area contributed by atoms with Gasteiger partial charge in [-0.15, -0.1) is 0 Å². The van der Waals surface area contributed by atoms with Crippen LogP contribution in [0.15, 0.2) is 24.3 Å². The van der Waals surface area contributed by atoms with Crippen molar-refractivity contribution >= 4 is 26.7 Å². The number of benzene rings is 1. The van der Waals surface area contributed by atoms with Crippen molar-refractivity contribution in [2.24, 2.45) is 0 Å². The van der Waals surface area contributed by atoms with Crippen LogP contribution in [0.1, 0.15) is 25.3 Å². The van der Waals surface area contributed by atoms with Crippen molar-refractivity contribution in [3.63, 3.8) is 0 Å². The Bertz CT molecular complexity index is 723. The van der Waals surface area contributed by atoms with Crippen molar-refractivity contribution in [3.05, 3.63) is 29.8 Å². The lowest BCUT2D eigenvalue weighted by atomic mass is 10.2. The molecule has 1 fully saturated rings. The Morgan fingerprint density at radius 3 is 2.27 bits per heavy atom. The second kappa shape index (κ2) is 9.02. The molecule has 0 atom stereocenters. The Kier molecular flexibility index (Phi) is 7.02. The van der Waals surface area contributed by atoms with Gasteiger partial charge < -0.3 is 15.1 Å². The smallest absolute Gasteiger partial charge is 0.336 e. The first-order chi connectivity index (χ1) is 12.3. The molecule has 7 nitrogen and oxygen atoms in total. The summed E-state index contributed by atoms with van der Waals surface area (Å²) in [6.45, 7) is 6.12. The van der Waals surface area contributed by atoms with Gasteiger partial charge >= 0.3 is 5.24 Å². The van der Waals surface area contributed by atoms with Gasteiger partial charge in [-0.25, -0.2) is 8.42 Å². The highest BCUT2D eigenvalue weighted by Gasteiger charge is 2.25. The maximum atomic E-state index is 12.2. The summed E-state index contributed by atoms with van der Waals surface area (Å²) in [5.41, 5.74) is 2.32. The quantitative estimate of drug-likeness (QED) is 0.808. The summed E-state index contributed by atoms with van der Waals surface area (Å²) in [5, 5.41) is 1.19. The summed E-state index contributed by atoms with van der Waals surface area (Å²) in [6.07, 6.45) is 1.13. The van der Waals surface area contributed by atoms with Crippen LogP contribution in [0, 0.1) is 6.92 Å². The van der Waals surface area contributed by atoms with Crippen LogP contribution in [0.2, 0.25) is 0 Å². The molecule has 1 aliphatic rings. The zero-order valence-corrected chi connectivity index (χ0v) is 16.2. The van der Waals surface area contributed by atoms with Crippen LogP contribution in [-0.2, 0) is 14.6 Å². The first-order valence-electron chi connectivity index (χ1n) is 8.93. The van der Waals surface area contributed by atoms with Crippen LogP contribution in [0.4, 0.5) is 10.5 Å². The minimum Gasteiger partial charge on any atom is -0.368 e. The zero-order chi connectivity index (χ0) is 19.2. The van der Waals surface area contributed by atoms with E-state index in [9.17, 15) is 18.0 Å². The van der Waals surface area contributed by atoms with Crippen LogP contribution in [0.5, 0.6) is 0 Å². The molecule has 144 valence electrons.